The van der Waals surface area contributed by atoms with E-state index < -0.39 is 0 Å². The normalized spacial score (nSPS) is 14.5. The van der Waals surface area contributed by atoms with Gasteiger partial charge in [0.05, 0.1) is 0 Å². The maximum absolute atomic E-state index is 14.3. The molecule has 0 spiro atoms. The van der Waals surface area contributed by atoms with Crippen LogP contribution in [0.2, 0.25) is 0 Å². The third-order valence-corrected chi connectivity index (χ3v) is 3.33. The fourth-order valence-corrected chi connectivity index (χ4v) is 2.18. The van der Waals surface area contributed by atoms with Crippen LogP contribution >= 0.6 is 11.6 Å². The zero-order chi connectivity index (χ0) is 15.5. The number of alkyl halides is 1. The summed E-state index contributed by atoms with van der Waals surface area (Å²) >= 11 is 5.74. The molecule has 0 fully saturated rings. The fraction of sp³-hybridized carbons (Fsp3) is 0.588. The van der Waals surface area contributed by atoms with Crippen molar-refractivity contribution in [1.82, 2.24) is 0 Å². The predicted octanol–water partition coefficient (Wildman–Crippen LogP) is 6.06. The highest BCUT2D eigenvalue weighted by Gasteiger charge is 2.19. The van der Waals surface area contributed by atoms with E-state index in [9.17, 15) is 4.39 Å². The molecule has 0 saturated carbocycles. The van der Waals surface area contributed by atoms with Crippen molar-refractivity contribution in [1.29, 1.82) is 5.41 Å². The van der Waals surface area contributed by atoms with Crippen molar-refractivity contribution in [3.63, 3.8) is 0 Å². The maximum Gasteiger partial charge on any atom is 0.126 e. The summed E-state index contributed by atoms with van der Waals surface area (Å²) in [7, 11) is 0. The zero-order valence-electron chi connectivity index (χ0n) is 12.9. The lowest BCUT2D eigenvalue weighted by atomic mass is 9.87. The Hall–Kier alpha value is -0.890. The van der Waals surface area contributed by atoms with Crippen LogP contribution in [0.1, 0.15) is 46.5 Å². The zero-order valence-corrected chi connectivity index (χ0v) is 13.6. The van der Waals surface area contributed by atoms with Crippen molar-refractivity contribution in [3.8, 4) is 0 Å². The van der Waals surface area contributed by atoms with E-state index in [1.165, 1.54) is 6.08 Å². The number of hydrogen-bond donors (Lipinski definition) is 1. The van der Waals surface area contributed by atoms with Gasteiger partial charge in [-0.1, -0.05) is 45.9 Å². The van der Waals surface area contributed by atoms with Gasteiger partial charge in [-0.05, 0) is 36.8 Å². The van der Waals surface area contributed by atoms with Crippen molar-refractivity contribution in [3.05, 3.63) is 36.2 Å². The van der Waals surface area contributed by atoms with Crippen molar-refractivity contribution in [2.24, 2.45) is 11.8 Å². The van der Waals surface area contributed by atoms with Crippen LogP contribution in [0.4, 0.5) is 4.39 Å². The fourth-order valence-electron chi connectivity index (χ4n) is 2.02. The molecule has 0 heterocycles. The quantitative estimate of drug-likeness (QED) is 0.288. The summed E-state index contributed by atoms with van der Waals surface area (Å²) in [5, 5.41) is 8.15. The lowest BCUT2D eigenvalue weighted by Crippen LogP contribution is -2.16. The predicted molar refractivity (Wildman–Crippen MR) is 88.4 cm³/mol. The first-order chi connectivity index (χ1) is 9.47. The Bertz CT molecular complexity index is 369. The number of hydrogen-bond acceptors (Lipinski definition) is 1. The second-order valence-corrected chi connectivity index (χ2v) is 5.65. The molecule has 1 unspecified atom stereocenters. The largest absolute Gasteiger partial charge is 0.309 e. The van der Waals surface area contributed by atoms with Gasteiger partial charge in [-0.25, -0.2) is 4.39 Å². The maximum atomic E-state index is 14.3. The molecular weight excluding hydrogens is 273 g/mol. The molecule has 114 valence electrons. The second kappa shape index (κ2) is 10.8. The number of halogens is 2. The molecule has 0 aromatic carbocycles. The van der Waals surface area contributed by atoms with Crippen molar-refractivity contribution in [2.75, 3.05) is 5.88 Å². The van der Waals surface area contributed by atoms with Gasteiger partial charge in [0.15, 0.2) is 0 Å². The molecule has 0 radical (unpaired) electrons. The Balaban J connectivity index is 5.29. The van der Waals surface area contributed by atoms with E-state index >= 15 is 0 Å². The third-order valence-electron chi connectivity index (χ3n) is 3.06. The minimum Gasteiger partial charge on any atom is -0.309 e. The van der Waals surface area contributed by atoms with Crippen LogP contribution in [0.5, 0.6) is 0 Å². The van der Waals surface area contributed by atoms with Crippen molar-refractivity contribution in [2.45, 2.75) is 46.5 Å². The summed E-state index contributed by atoms with van der Waals surface area (Å²) in [6.07, 6.45) is 7.91. The van der Waals surface area contributed by atoms with E-state index in [4.69, 9.17) is 17.0 Å². The second-order valence-electron chi connectivity index (χ2n) is 5.27. The molecule has 0 aromatic heterocycles. The standard InChI is InChI=1S/C17H27ClFN/c1-5-8-17(20)15(9-7-12-18)14(6-2)16(19)11-10-13(3)4/h6,10-11,13,15,20H,2,5,7-9,12H2,1,3-4H3/b11-10-,16-14-,20-17?. The first kappa shape index (κ1) is 19.1. The molecule has 0 aromatic rings. The minimum atomic E-state index is -0.283. The molecule has 1 nitrogen and oxygen atoms in total. The Morgan fingerprint density at radius 2 is 2.05 bits per heavy atom. The van der Waals surface area contributed by atoms with Gasteiger partial charge >= 0.3 is 0 Å². The van der Waals surface area contributed by atoms with Gasteiger partial charge in [0.25, 0.3) is 0 Å². The monoisotopic (exact) mass is 299 g/mol. The third kappa shape index (κ3) is 7.04. The van der Waals surface area contributed by atoms with Crippen LogP contribution < -0.4 is 0 Å². The Morgan fingerprint density at radius 3 is 2.50 bits per heavy atom. The van der Waals surface area contributed by atoms with Gasteiger partial charge < -0.3 is 5.41 Å². The molecule has 20 heavy (non-hydrogen) atoms. The Morgan fingerprint density at radius 1 is 1.40 bits per heavy atom. The molecule has 0 aliphatic rings. The number of rotatable bonds is 10. The van der Waals surface area contributed by atoms with Crippen LogP contribution in [0.3, 0.4) is 0 Å². The van der Waals surface area contributed by atoms with E-state index in [0.717, 1.165) is 12.8 Å². The summed E-state index contributed by atoms with van der Waals surface area (Å²) in [5.74, 6) is 0.337. The summed E-state index contributed by atoms with van der Waals surface area (Å²) in [5.41, 5.74) is 1.09. The first-order valence-electron chi connectivity index (χ1n) is 7.31. The molecule has 0 amide bonds. The van der Waals surface area contributed by atoms with Gasteiger partial charge in [-0.2, -0.15) is 0 Å². The molecule has 3 heteroatoms. The number of nitrogens with one attached hydrogen (secondary N) is 1. The van der Waals surface area contributed by atoms with E-state index in [1.54, 1.807) is 6.08 Å². The summed E-state index contributed by atoms with van der Waals surface area (Å²) < 4.78 is 14.3. The smallest absolute Gasteiger partial charge is 0.126 e. The van der Waals surface area contributed by atoms with E-state index in [2.05, 4.69) is 6.58 Å². The highest BCUT2D eigenvalue weighted by atomic mass is 35.5. The van der Waals surface area contributed by atoms with Crippen LogP contribution in [0, 0.1) is 17.2 Å². The molecule has 0 saturated heterocycles. The summed E-state index contributed by atoms with van der Waals surface area (Å²) in [6, 6.07) is 0. The highest BCUT2D eigenvalue weighted by molar-refractivity contribution is 6.17. The van der Waals surface area contributed by atoms with Crippen molar-refractivity contribution < 1.29 is 4.39 Å². The van der Waals surface area contributed by atoms with Crippen LogP contribution in [-0.4, -0.2) is 11.6 Å². The van der Waals surface area contributed by atoms with Gasteiger partial charge in [0, 0.05) is 17.5 Å². The molecular formula is C17H27ClFN. The molecule has 0 aliphatic heterocycles. The molecule has 0 rings (SSSR count). The topological polar surface area (TPSA) is 23.9 Å². The van der Waals surface area contributed by atoms with Gasteiger partial charge in [-0.3, -0.25) is 0 Å². The lowest BCUT2D eigenvalue weighted by Gasteiger charge is -2.19. The van der Waals surface area contributed by atoms with Gasteiger partial charge in [0.2, 0.25) is 0 Å². The average molecular weight is 300 g/mol. The average Bonchev–Trinajstić information content (AvgIpc) is 2.40. The SMILES string of the molecule is C=C/C(=C(F)\C=C/C(C)C)C(CCCCl)C(=N)CCC. The van der Waals surface area contributed by atoms with Crippen LogP contribution in [0.25, 0.3) is 0 Å². The molecule has 0 bridgehead atoms. The van der Waals surface area contributed by atoms with Crippen molar-refractivity contribution >= 4 is 17.3 Å². The summed E-state index contributed by atoms with van der Waals surface area (Å²) in [6.45, 7) is 9.75. The van der Waals surface area contributed by atoms with E-state index in [1.807, 2.05) is 26.8 Å². The molecule has 0 aliphatic carbocycles. The molecule has 1 atom stereocenters. The van der Waals surface area contributed by atoms with Crippen LogP contribution in [-0.2, 0) is 0 Å². The molecule has 1 N–H and O–H groups in total. The number of allylic oxidation sites excluding steroid dienone is 5. The highest BCUT2D eigenvalue weighted by Crippen LogP contribution is 2.26. The Kier molecular flexibility index (Phi) is 10.4. The Labute approximate surface area is 128 Å². The van der Waals surface area contributed by atoms with Gasteiger partial charge in [0.1, 0.15) is 5.83 Å². The van der Waals surface area contributed by atoms with Crippen LogP contribution in [0.15, 0.2) is 36.2 Å². The van der Waals surface area contributed by atoms with E-state index in [0.29, 0.717) is 35.9 Å². The summed E-state index contributed by atoms with van der Waals surface area (Å²) in [4.78, 5) is 0. The lowest BCUT2D eigenvalue weighted by molar-refractivity contribution is 0.611. The minimum absolute atomic E-state index is 0.206. The first-order valence-corrected chi connectivity index (χ1v) is 7.84. The van der Waals surface area contributed by atoms with Gasteiger partial charge in [-0.15, -0.1) is 11.6 Å². The van der Waals surface area contributed by atoms with E-state index in [-0.39, 0.29) is 11.7 Å².